The third-order valence-electron chi connectivity index (χ3n) is 5.30. The van der Waals surface area contributed by atoms with Gasteiger partial charge in [-0.15, -0.1) is 12.4 Å². The van der Waals surface area contributed by atoms with Crippen LogP contribution in [0.3, 0.4) is 0 Å². The summed E-state index contributed by atoms with van der Waals surface area (Å²) >= 11 is 7.64. The van der Waals surface area contributed by atoms with Gasteiger partial charge >= 0.3 is 0 Å². The highest BCUT2D eigenvalue weighted by Gasteiger charge is 2.32. The van der Waals surface area contributed by atoms with Gasteiger partial charge in [0.2, 0.25) is 17.7 Å². The third-order valence-corrected chi connectivity index (χ3v) is 6.65. The number of benzene rings is 1. The number of ether oxygens (including phenoxy) is 1. The van der Waals surface area contributed by atoms with Crippen LogP contribution in [0.4, 0.5) is 5.13 Å². The number of rotatable bonds is 7. The average Bonchev–Trinajstić information content (AvgIpc) is 3.31. The second-order valence-corrected chi connectivity index (χ2v) is 8.73. The van der Waals surface area contributed by atoms with Crippen LogP contribution >= 0.6 is 35.3 Å². The number of hydrogen-bond acceptors (Lipinski definition) is 7. The number of thiazole rings is 1. The van der Waals surface area contributed by atoms with Gasteiger partial charge in [-0.25, -0.2) is 4.98 Å². The normalized spacial score (nSPS) is 17.3. The van der Waals surface area contributed by atoms with E-state index in [-0.39, 0.29) is 49.5 Å². The number of para-hydroxylation sites is 1. The summed E-state index contributed by atoms with van der Waals surface area (Å²) in [5.74, 6) is -0.904. The first kappa shape index (κ1) is 23.9. The van der Waals surface area contributed by atoms with Crippen molar-refractivity contribution in [2.24, 2.45) is 0 Å². The molecular weight excluding hydrogens is 463 g/mol. The van der Waals surface area contributed by atoms with Crippen molar-refractivity contribution in [3.8, 4) is 0 Å². The largest absolute Gasteiger partial charge is 0.379 e. The van der Waals surface area contributed by atoms with Gasteiger partial charge in [0.25, 0.3) is 0 Å². The van der Waals surface area contributed by atoms with Crippen LogP contribution in [-0.2, 0) is 19.1 Å². The minimum absolute atomic E-state index is 0. The number of morpholine rings is 1. The molecule has 1 aromatic carbocycles. The van der Waals surface area contributed by atoms with Gasteiger partial charge in [0.15, 0.2) is 5.13 Å². The molecule has 2 fully saturated rings. The molecule has 8 nitrogen and oxygen atoms in total. The van der Waals surface area contributed by atoms with Crippen molar-refractivity contribution in [3.63, 3.8) is 0 Å². The summed E-state index contributed by atoms with van der Waals surface area (Å²) in [4.78, 5) is 46.6. The molecule has 0 saturated carbocycles. The van der Waals surface area contributed by atoms with Crippen LogP contribution in [-0.4, -0.2) is 78.4 Å². The monoisotopic (exact) mass is 486 g/mol. The molecule has 0 spiro atoms. The first-order chi connectivity index (χ1) is 14.5. The Morgan fingerprint density at radius 2 is 1.90 bits per heavy atom. The van der Waals surface area contributed by atoms with Gasteiger partial charge in [-0.1, -0.05) is 29.0 Å². The maximum Gasteiger partial charge on any atom is 0.248 e. The lowest BCUT2D eigenvalue weighted by Crippen LogP contribution is -2.44. The molecule has 0 atom stereocenters. The molecule has 1 aromatic heterocycles. The van der Waals surface area contributed by atoms with Gasteiger partial charge in [-0.2, -0.15) is 0 Å². The number of aromatic nitrogens is 1. The zero-order chi connectivity index (χ0) is 21.1. The van der Waals surface area contributed by atoms with E-state index in [4.69, 9.17) is 16.3 Å². The molecule has 3 heterocycles. The van der Waals surface area contributed by atoms with E-state index in [1.54, 1.807) is 11.0 Å². The Morgan fingerprint density at radius 3 is 2.58 bits per heavy atom. The maximum atomic E-state index is 13.1. The van der Waals surface area contributed by atoms with E-state index < -0.39 is 0 Å². The van der Waals surface area contributed by atoms with E-state index in [1.807, 2.05) is 12.1 Å². The van der Waals surface area contributed by atoms with Crippen molar-refractivity contribution in [1.82, 2.24) is 14.8 Å². The first-order valence-corrected chi connectivity index (χ1v) is 11.2. The second kappa shape index (κ2) is 10.7. The highest BCUT2D eigenvalue weighted by Crippen LogP contribution is 2.33. The fraction of sp³-hybridized carbons (Fsp3) is 0.500. The topological polar surface area (TPSA) is 83.1 Å². The molecule has 4 rings (SSSR count). The summed E-state index contributed by atoms with van der Waals surface area (Å²) in [6.45, 7) is 4.22. The van der Waals surface area contributed by atoms with Crippen LogP contribution in [0.25, 0.3) is 10.2 Å². The molecule has 2 saturated heterocycles. The third kappa shape index (κ3) is 5.53. The molecule has 11 heteroatoms. The number of halogens is 2. The Balaban J connectivity index is 0.00000272. The van der Waals surface area contributed by atoms with Crippen molar-refractivity contribution < 1.29 is 19.1 Å². The SMILES string of the molecule is Cl.O=C1CCC(=O)N1CC(=O)N(CCCN1CCOCC1)c1nc2c(Cl)cccc2s1. The van der Waals surface area contributed by atoms with E-state index in [2.05, 4.69) is 9.88 Å². The lowest BCUT2D eigenvalue weighted by molar-refractivity contribution is -0.141. The van der Waals surface area contributed by atoms with Gasteiger partial charge in [0, 0.05) is 39.0 Å². The minimum atomic E-state index is -0.309. The smallest absolute Gasteiger partial charge is 0.248 e. The number of amides is 3. The van der Waals surface area contributed by atoms with Gasteiger partial charge in [0.1, 0.15) is 12.1 Å². The number of nitrogens with zero attached hydrogens (tertiary/aromatic N) is 4. The maximum absolute atomic E-state index is 13.1. The molecular formula is C20H24Cl2N4O4S. The lowest BCUT2D eigenvalue weighted by Gasteiger charge is -2.28. The molecule has 168 valence electrons. The zero-order valence-corrected chi connectivity index (χ0v) is 19.3. The van der Waals surface area contributed by atoms with Crippen molar-refractivity contribution in [1.29, 1.82) is 0 Å². The molecule has 2 aliphatic rings. The molecule has 0 N–H and O–H groups in total. The number of fused-ring (bicyclic) bond motifs is 1. The molecule has 0 bridgehead atoms. The molecule has 3 amide bonds. The van der Waals surface area contributed by atoms with Crippen LogP contribution in [0.5, 0.6) is 0 Å². The summed E-state index contributed by atoms with van der Waals surface area (Å²) in [5, 5.41) is 1.06. The summed E-state index contributed by atoms with van der Waals surface area (Å²) in [6, 6.07) is 5.52. The Hall–Kier alpha value is -1.78. The average molecular weight is 487 g/mol. The molecule has 0 aliphatic carbocycles. The highest BCUT2D eigenvalue weighted by atomic mass is 35.5. The Bertz CT molecular complexity index is 948. The summed E-state index contributed by atoms with van der Waals surface area (Å²) in [5.41, 5.74) is 0.651. The van der Waals surface area contributed by atoms with Crippen LogP contribution < -0.4 is 4.90 Å². The predicted molar refractivity (Wildman–Crippen MR) is 122 cm³/mol. The number of anilines is 1. The Labute approximate surface area is 195 Å². The summed E-state index contributed by atoms with van der Waals surface area (Å²) in [7, 11) is 0. The van der Waals surface area contributed by atoms with Crippen molar-refractivity contribution >= 4 is 68.4 Å². The van der Waals surface area contributed by atoms with Crippen molar-refractivity contribution in [2.75, 3.05) is 50.8 Å². The van der Waals surface area contributed by atoms with E-state index in [1.165, 1.54) is 11.3 Å². The van der Waals surface area contributed by atoms with Crippen molar-refractivity contribution in [3.05, 3.63) is 23.2 Å². The second-order valence-electron chi connectivity index (χ2n) is 7.31. The Morgan fingerprint density at radius 1 is 1.19 bits per heavy atom. The zero-order valence-electron chi connectivity index (χ0n) is 16.9. The summed E-state index contributed by atoms with van der Waals surface area (Å²) < 4.78 is 6.26. The number of carbonyl (C=O) groups is 3. The van der Waals surface area contributed by atoms with Crippen LogP contribution in [0.2, 0.25) is 5.02 Å². The van der Waals surface area contributed by atoms with Crippen LogP contribution in [0.1, 0.15) is 19.3 Å². The van der Waals surface area contributed by atoms with E-state index in [0.717, 1.165) is 48.9 Å². The fourth-order valence-electron chi connectivity index (χ4n) is 3.64. The predicted octanol–water partition coefficient (Wildman–Crippen LogP) is 2.58. The molecule has 31 heavy (non-hydrogen) atoms. The fourth-order valence-corrected chi connectivity index (χ4v) is 4.95. The number of likely N-dealkylation sites (tertiary alicyclic amines) is 1. The highest BCUT2D eigenvalue weighted by molar-refractivity contribution is 7.22. The first-order valence-electron chi connectivity index (χ1n) is 10.0. The standard InChI is InChI=1S/C20H23ClN4O4S.ClH/c21-14-3-1-4-15-19(14)22-20(30-15)24(8-2-7-23-9-11-29-12-10-23)18(28)13-25-16(26)5-6-17(25)27;/h1,3-4H,2,5-13H2;1H. The van der Waals surface area contributed by atoms with Gasteiger partial charge < -0.3 is 4.74 Å². The molecule has 2 aliphatic heterocycles. The van der Waals surface area contributed by atoms with E-state index in [0.29, 0.717) is 22.2 Å². The Kier molecular flexibility index (Phi) is 8.23. The van der Waals surface area contributed by atoms with E-state index >= 15 is 0 Å². The number of hydrogen-bond donors (Lipinski definition) is 0. The van der Waals surface area contributed by atoms with Crippen LogP contribution in [0, 0.1) is 0 Å². The summed E-state index contributed by atoms with van der Waals surface area (Å²) in [6.07, 6.45) is 1.08. The molecule has 2 aromatic rings. The number of imide groups is 1. The van der Waals surface area contributed by atoms with Gasteiger partial charge in [-0.3, -0.25) is 29.1 Å². The molecule has 0 radical (unpaired) electrons. The van der Waals surface area contributed by atoms with Gasteiger partial charge in [0.05, 0.1) is 22.9 Å². The molecule has 0 unspecified atom stereocenters. The van der Waals surface area contributed by atoms with Gasteiger partial charge in [-0.05, 0) is 18.6 Å². The number of carbonyl (C=O) groups excluding carboxylic acids is 3. The van der Waals surface area contributed by atoms with E-state index in [9.17, 15) is 14.4 Å². The lowest BCUT2D eigenvalue weighted by atomic mass is 10.3. The van der Waals surface area contributed by atoms with Crippen LogP contribution in [0.15, 0.2) is 18.2 Å². The van der Waals surface area contributed by atoms with Crippen molar-refractivity contribution in [2.45, 2.75) is 19.3 Å². The minimum Gasteiger partial charge on any atom is -0.379 e. The quantitative estimate of drug-likeness (QED) is 0.559.